The van der Waals surface area contributed by atoms with Gasteiger partial charge in [-0.3, -0.25) is 62.3 Å². The molecule has 33 nitrogen and oxygen atoms in total. The number of ether oxygens (including phenoxy) is 7. The first-order valence-corrected chi connectivity index (χ1v) is 32.4. The van der Waals surface area contributed by atoms with Crippen molar-refractivity contribution in [3.63, 3.8) is 0 Å². The standard InChI is InChI=1S/C58H95N13O20S2/c1-37(2)27-42(70-58(84)46-7-6-16-71(46)52(78)34-88-20-15-63-55(81)43(28-40-8-10-41(11-9-40)39(4)72)67-50(76)32-90-24-21-85-17-12-59)56(82)65-30-48(74)69-45(36-93-5)57(83)66-38(3)54(80)64-29-47(73)61-13-18-86-22-25-89-31-49(75)62-14-19-87-23-26-91-33-51(77)68-44(35-92)53(60)79/h8-11,37-38,42-46,92H,6-7,12-36,59H2,1-5H3,(H2,60,79)(H,61,73)(H,62,75)(H,63,81)(H,64,80)(H,65,82)(H,66,83)(H,67,76)(H,68,77)(H,69,74)(H,70,84)/t38-,42-,43-,44+,45?,46?/m0/s1. The average Bonchev–Trinajstić information content (AvgIpc) is 3.10. The summed E-state index contributed by atoms with van der Waals surface area (Å²) in [6, 6.07) is 0.375. The maximum Gasteiger partial charge on any atom is 0.249 e. The molecule has 0 radical (unpaired) electrons. The van der Waals surface area contributed by atoms with Crippen LogP contribution in [0.5, 0.6) is 0 Å². The van der Waals surface area contributed by atoms with Gasteiger partial charge in [0, 0.05) is 56.2 Å². The smallest absolute Gasteiger partial charge is 0.249 e. The van der Waals surface area contributed by atoms with E-state index in [-0.39, 0.29) is 147 Å². The van der Waals surface area contributed by atoms with Gasteiger partial charge in [0.2, 0.25) is 70.9 Å². The lowest BCUT2D eigenvalue weighted by molar-refractivity contribution is -0.142. The van der Waals surface area contributed by atoms with Crippen LogP contribution in [-0.4, -0.2) is 274 Å². The van der Waals surface area contributed by atoms with Crippen molar-refractivity contribution in [3.8, 4) is 0 Å². The first-order chi connectivity index (χ1) is 44.5. The van der Waals surface area contributed by atoms with E-state index in [1.54, 1.807) is 30.5 Å². The minimum Gasteiger partial charge on any atom is -0.378 e. The second kappa shape index (κ2) is 48.6. The summed E-state index contributed by atoms with van der Waals surface area (Å²) in [5.74, 6) is -7.27. The summed E-state index contributed by atoms with van der Waals surface area (Å²) in [5, 5.41) is 25.6. The Morgan fingerprint density at radius 2 is 1.06 bits per heavy atom. The molecule has 524 valence electrons. The van der Waals surface area contributed by atoms with E-state index < -0.39 is 121 Å². The van der Waals surface area contributed by atoms with Crippen molar-refractivity contribution in [2.45, 2.75) is 89.6 Å². The molecule has 6 atom stereocenters. The fraction of sp³-hybridized carbons (Fsp3) is 0.672. The first-order valence-electron chi connectivity index (χ1n) is 30.4. The van der Waals surface area contributed by atoms with Crippen molar-refractivity contribution in [2.75, 3.05) is 156 Å². The maximum atomic E-state index is 13.7. The molecule has 93 heavy (non-hydrogen) atoms. The molecule has 0 spiro atoms. The second-order valence-corrected chi connectivity index (χ2v) is 22.6. The quantitative estimate of drug-likeness (QED) is 0.0164. The number of ketones is 1. The Morgan fingerprint density at radius 1 is 0.559 bits per heavy atom. The average molecular weight is 1360 g/mol. The number of nitrogens with zero attached hydrogens (tertiary/aromatic N) is 1. The van der Waals surface area contributed by atoms with E-state index >= 15 is 0 Å². The lowest BCUT2D eigenvalue weighted by atomic mass is 10.0. The first kappa shape index (κ1) is 82.0. The molecular weight excluding hydrogens is 1260 g/mol. The number of nitrogens with one attached hydrogen (secondary N) is 10. The highest BCUT2D eigenvalue weighted by atomic mass is 32.2. The maximum absolute atomic E-state index is 13.7. The SMILES string of the molecule is CSCC(NC(=O)CNC(=O)[C@H](CC(C)C)NC(=O)C1CCCN1C(=O)COCCNC(=O)[C@H](Cc1ccc(C(C)=O)cc1)NC(=O)COCCOCCN)C(=O)N[C@@H](C)C(=O)NCC(=O)NCCOCCOCC(=O)NCCOCCOCC(=O)N[C@H](CS)C(N)=O. The molecule has 1 saturated heterocycles. The van der Waals surface area contributed by atoms with Gasteiger partial charge in [-0.2, -0.15) is 24.4 Å². The van der Waals surface area contributed by atoms with Crippen molar-refractivity contribution in [1.82, 2.24) is 58.1 Å². The summed E-state index contributed by atoms with van der Waals surface area (Å²) < 4.78 is 37.3. The van der Waals surface area contributed by atoms with Crippen molar-refractivity contribution in [1.29, 1.82) is 0 Å². The number of benzene rings is 1. The summed E-state index contributed by atoms with van der Waals surface area (Å²) in [6.07, 6.45) is 2.74. The topological polar surface area (TPSA) is 462 Å². The molecule has 1 aromatic carbocycles. The molecule has 2 rings (SSSR count). The number of primary amides is 1. The minimum atomic E-state index is -1.14. The fourth-order valence-electron chi connectivity index (χ4n) is 8.38. The summed E-state index contributed by atoms with van der Waals surface area (Å²) in [5.41, 5.74) is 11.7. The van der Waals surface area contributed by atoms with Crippen LogP contribution in [0.25, 0.3) is 0 Å². The van der Waals surface area contributed by atoms with Crippen LogP contribution >= 0.6 is 24.4 Å². The molecule has 2 unspecified atom stereocenters. The van der Waals surface area contributed by atoms with E-state index in [0.29, 0.717) is 37.1 Å². The number of rotatable bonds is 51. The van der Waals surface area contributed by atoms with Gasteiger partial charge in [0.05, 0.1) is 79.2 Å². The van der Waals surface area contributed by atoms with E-state index in [9.17, 15) is 62.3 Å². The van der Waals surface area contributed by atoms with Gasteiger partial charge in [0.25, 0.3) is 0 Å². The Bertz CT molecular complexity index is 2540. The zero-order chi connectivity index (χ0) is 68.9. The molecule has 0 saturated carbocycles. The van der Waals surface area contributed by atoms with Crippen LogP contribution in [0.2, 0.25) is 0 Å². The predicted octanol–water partition coefficient (Wildman–Crippen LogP) is -5.65. The fourth-order valence-corrected chi connectivity index (χ4v) is 9.22. The highest BCUT2D eigenvalue weighted by Crippen LogP contribution is 2.19. The van der Waals surface area contributed by atoms with E-state index in [1.807, 2.05) is 13.8 Å². The largest absolute Gasteiger partial charge is 0.378 e. The number of amides is 12. The highest BCUT2D eigenvalue weighted by Gasteiger charge is 2.36. The van der Waals surface area contributed by atoms with Crippen LogP contribution in [0.3, 0.4) is 0 Å². The Morgan fingerprint density at radius 3 is 1.63 bits per heavy atom. The molecule has 0 bridgehead atoms. The van der Waals surface area contributed by atoms with Gasteiger partial charge in [-0.15, -0.1) is 0 Å². The third-order valence-electron chi connectivity index (χ3n) is 13.1. The number of hydrogen-bond donors (Lipinski definition) is 13. The molecule has 35 heteroatoms. The molecule has 14 N–H and O–H groups in total. The molecule has 1 heterocycles. The Hall–Kier alpha value is -7.09. The Balaban J connectivity index is 1.72. The predicted molar refractivity (Wildman–Crippen MR) is 341 cm³/mol. The van der Waals surface area contributed by atoms with Gasteiger partial charge in [0.15, 0.2) is 5.78 Å². The number of thiol groups is 1. The van der Waals surface area contributed by atoms with Gasteiger partial charge < -0.3 is 103 Å². The van der Waals surface area contributed by atoms with Gasteiger partial charge in [-0.05, 0) is 50.8 Å². The number of hydrogen-bond acceptors (Lipinski definition) is 23. The minimum absolute atomic E-state index is 0.0401. The normalized spacial score (nSPS) is 14.3. The molecule has 0 aromatic heterocycles. The van der Waals surface area contributed by atoms with Crippen LogP contribution in [0.1, 0.15) is 62.9 Å². The van der Waals surface area contributed by atoms with E-state index in [0.717, 1.165) is 0 Å². The number of likely N-dealkylation sites (tertiary alicyclic amines) is 1. The summed E-state index contributed by atoms with van der Waals surface area (Å²) in [4.78, 5) is 166. The van der Waals surface area contributed by atoms with Gasteiger partial charge in [-0.25, -0.2) is 0 Å². The number of carbonyl (C=O) groups is 13. The lowest BCUT2D eigenvalue weighted by Gasteiger charge is -2.27. The zero-order valence-corrected chi connectivity index (χ0v) is 55.3. The van der Waals surface area contributed by atoms with Crippen molar-refractivity contribution >= 4 is 101 Å². The van der Waals surface area contributed by atoms with Crippen LogP contribution in [0, 0.1) is 5.92 Å². The molecule has 1 aliphatic rings. The molecule has 1 aromatic rings. The van der Waals surface area contributed by atoms with Crippen LogP contribution in [0.4, 0.5) is 0 Å². The Labute approximate surface area is 551 Å². The summed E-state index contributed by atoms with van der Waals surface area (Å²) >= 11 is 5.17. The van der Waals surface area contributed by atoms with E-state index in [2.05, 4.69) is 65.8 Å². The van der Waals surface area contributed by atoms with Crippen molar-refractivity contribution in [3.05, 3.63) is 35.4 Å². The third kappa shape index (κ3) is 36.8. The summed E-state index contributed by atoms with van der Waals surface area (Å²) in [7, 11) is 0. The third-order valence-corrected chi connectivity index (χ3v) is 14.1. The highest BCUT2D eigenvalue weighted by molar-refractivity contribution is 7.98. The number of nitrogens with two attached hydrogens (primary N) is 2. The van der Waals surface area contributed by atoms with Gasteiger partial charge in [0.1, 0.15) is 62.7 Å². The Kier molecular flexibility index (Phi) is 42.9. The van der Waals surface area contributed by atoms with Gasteiger partial charge >= 0.3 is 0 Å². The number of thioether (sulfide) groups is 1. The summed E-state index contributed by atoms with van der Waals surface area (Å²) in [6.45, 7) is 6.34. The van der Waals surface area contributed by atoms with E-state index in [4.69, 9.17) is 44.6 Å². The van der Waals surface area contributed by atoms with Crippen LogP contribution < -0.4 is 64.6 Å². The van der Waals surface area contributed by atoms with Gasteiger partial charge in [-0.1, -0.05) is 38.1 Å². The monoisotopic (exact) mass is 1360 g/mol. The molecule has 12 amide bonds. The number of carbonyl (C=O) groups excluding carboxylic acids is 13. The molecule has 0 aliphatic carbocycles. The zero-order valence-electron chi connectivity index (χ0n) is 53.6. The molecular formula is C58H95N13O20S2. The second-order valence-electron chi connectivity index (χ2n) is 21.3. The number of Topliss-reactive ketones (excluding diaryl/α,β-unsaturated/α-hetero) is 1. The van der Waals surface area contributed by atoms with Crippen LogP contribution in [-0.2, 0) is 97.1 Å². The van der Waals surface area contributed by atoms with Crippen LogP contribution in [0.15, 0.2) is 24.3 Å². The van der Waals surface area contributed by atoms with E-state index in [1.165, 1.54) is 30.5 Å². The van der Waals surface area contributed by atoms with Crippen molar-refractivity contribution < 1.29 is 95.5 Å². The molecule has 1 fully saturated rings. The molecule has 1 aliphatic heterocycles. The van der Waals surface area contributed by atoms with Crippen molar-refractivity contribution in [2.24, 2.45) is 17.4 Å². The lowest BCUT2D eigenvalue weighted by Crippen LogP contribution is -2.56.